The van der Waals surface area contributed by atoms with Crippen molar-refractivity contribution in [3.8, 4) is 5.88 Å². The van der Waals surface area contributed by atoms with Crippen molar-refractivity contribution in [1.82, 2.24) is 15.6 Å². The Bertz CT molecular complexity index is 431. The number of rotatable bonds is 5. The van der Waals surface area contributed by atoms with Crippen LogP contribution in [0.5, 0.6) is 5.88 Å². The number of halogens is 3. The third-order valence-electron chi connectivity index (χ3n) is 2.60. The van der Waals surface area contributed by atoms with E-state index in [0.717, 1.165) is 0 Å². The number of hydrogen-bond donors (Lipinski definition) is 2. The lowest BCUT2D eigenvalue weighted by Crippen LogP contribution is -2.51. The number of nitrogens with one attached hydrogen (secondary N) is 2. The fourth-order valence-corrected chi connectivity index (χ4v) is 1.83. The number of nitrogens with zero attached hydrogens (tertiary/aromatic N) is 1. The number of ether oxygens (including phenoxy) is 2. The highest BCUT2D eigenvalue weighted by Gasteiger charge is 2.20. The van der Waals surface area contributed by atoms with E-state index in [9.17, 15) is 4.79 Å². The monoisotopic (exact) mass is 357 g/mol. The van der Waals surface area contributed by atoms with Crippen molar-refractivity contribution < 1.29 is 14.3 Å². The fraction of sp³-hybridized carbons (Fsp3) is 0.500. The standard InChI is InChI=1S/C12H16ClN3O3.2ClH/c13-9-2-1-3-16-12(9)19-7-5-15-11(17)10-8-18-6-4-14-10;;/h1-3,10,14H,4-8H2,(H,15,17);2*1H. The SMILES string of the molecule is Cl.Cl.O=C(NCCOc1ncccc1Cl)C1COCCN1. The summed E-state index contributed by atoms with van der Waals surface area (Å²) in [6.45, 7) is 2.45. The predicted molar refractivity (Wildman–Crippen MR) is 84.9 cm³/mol. The highest BCUT2D eigenvalue weighted by Crippen LogP contribution is 2.19. The Morgan fingerprint density at radius 1 is 1.57 bits per heavy atom. The highest BCUT2D eigenvalue weighted by atomic mass is 35.5. The number of pyridine rings is 1. The van der Waals surface area contributed by atoms with Gasteiger partial charge in [-0.2, -0.15) is 0 Å². The van der Waals surface area contributed by atoms with E-state index in [-0.39, 0.29) is 36.8 Å². The topological polar surface area (TPSA) is 72.5 Å². The molecule has 1 unspecified atom stereocenters. The summed E-state index contributed by atoms with van der Waals surface area (Å²) in [5.41, 5.74) is 0. The highest BCUT2D eigenvalue weighted by molar-refractivity contribution is 6.31. The van der Waals surface area contributed by atoms with Gasteiger partial charge in [0.05, 0.1) is 19.8 Å². The van der Waals surface area contributed by atoms with Crippen LogP contribution in [0.3, 0.4) is 0 Å². The molecule has 1 aliphatic heterocycles. The van der Waals surface area contributed by atoms with E-state index in [1.54, 1.807) is 18.3 Å². The molecule has 0 radical (unpaired) electrons. The largest absolute Gasteiger partial charge is 0.475 e. The Balaban J connectivity index is 0.00000200. The van der Waals surface area contributed by atoms with E-state index in [1.807, 2.05) is 0 Å². The average molecular weight is 359 g/mol. The molecule has 2 heterocycles. The van der Waals surface area contributed by atoms with Crippen LogP contribution in [-0.2, 0) is 9.53 Å². The van der Waals surface area contributed by atoms with E-state index in [0.29, 0.717) is 43.8 Å². The summed E-state index contributed by atoms with van der Waals surface area (Å²) in [5, 5.41) is 6.29. The first-order valence-corrected chi connectivity index (χ1v) is 6.47. The normalized spacial score (nSPS) is 17.1. The molecule has 120 valence electrons. The molecular weight excluding hydrogens is 341 g/mol. The predicted octanol–water partition coefficient (Wildman–Crippen LogP) is 1.06. The molecule has 1 aliphatic rings. The molecule has 6 nitrogen and oxygen atoms in total. The first kappa shape index (κ1) is 20.2. The van der Waals surface area contributed by atoms with Gasteiger partial charge < -0.3 is 20.1 Å². The van der Waals surface area contributed by atoms with Crippen LogP contribution in [0.2, 0.25) is 5.02 Å². The van der Waals surface area contributed by atoms with Gasteiger partial charge in [-0.1, -0.05) is 11.6 Å². The van der Waals surface area contributed by atoms with Gasteiger partial charge in [0, 0.05) is 12.7 Å². The van der Waals surface area contributed by atoms with Gasteiger partial charge in [0.1, 0.15) is 17.7 Å². The quantitative estimate of drug-likeness (QED) is 0.770. The zero-order chi connectivity index (χ0) is 13.5. The van der Waals surface area contributed by atoms with Crippen LogP contribution < -0.4 is 15.4 Å². The van der Waals surface area contributed by atoms with Gasteiger partial charge in [-0.3, -0.25) is 4.79 Å². The summed E-state index contributed by atoms with van der Waals surface area (Å²) in [4.78, 5) is 15.7. The number of hydrogen-bond acceptors (Lipinski definition) is 5. The van der Waals surface area contributed by atoms with Crippen molar-refractivity contribution in [2.75, 3.05) is 32.9 Å². The van der Waals surface area contributed by atoms with Gasteiger partial charge in [-0.05, 0) is 12.1 Å². The molecule has 2 N–H and O–H groups in total. The molecule has 0 spiro atoms. The van der Waals surface area contributed by atoms with Crippen molar-refractivity contribution in [2.45, 2.75) is 6.04 Å². The summed E-state index contributed by atoms with van der Waals surface area (Å²) in [7, 11) is 0. The smallest absolute Gasteiger partial charge is 0.239 e. The first-order valence-electron chi connectivity index (χ1n) is 6.09. The second-order valence-corrected chi connectivity index (χ2v) is 4.42. The lowest BCUT2D eigenvalue weighted by Gasteiger charge is -2.22. The lowest BCUT2D eigenvalue weighted by molar-refractivity contribution is -0.126. The Morgan fingerprint density at radius 2 is 2.38 bits per heavy atom. The third-order valence-corrected chi connectivity index (χ3v) is 2.89. The van der Waals surface area contributed by atoms with Crippen LogP contribution in [0.4, 0.5) is 0 Å². The number of aromatic nitrogens is 1. The molecule has 1 atom stereocenters. The van der Waals surface area contributed by atoms with Crippen LogP contribution in [0.15, 0.2) is 18.3 Å². The number of amides is 1. The van der Waals surface area contributed by atoms with E-state index >= 15 is 0 Å². The van der Waals surface area contributed by atoms with Gasteiger partial charge in [-0.25, -0.2) is 4.98 Å². The molecule has 1 aromatic rings. The molecule has 1 saturated heterocycles. The third kappa shape index (κ3) is 6.67. The van der Waals surface area contributed by atoms with E-state index in [1.165, 1.54) is 0 Å². The number of carbonyl (C=O) groups excluding carboxylic acids is 1. The van der Waals surface area contributed by atoms with Crippen molar-refractivity contribution in [2.24, 2.45) is 0 Å². The fourth-order valence-electron chi connectivity index (χ4n) is 1.66. The maximum atomic E-state index is 11.7. The van der Waals surface area contributed by atoms with Crippen molar-refractivity contribution in [1.29, 1.82) is 0 Å². The van der Waals surface area contributed by atoms with Gasteiger partial charge in [0.2, 0.25) is 11.8 Å². The number of morpholine rings is 1. The van der Waals surface area contributed by atoms with E-state index < -0.39 is 0 Å². The van der Waals surface area contributed by atoms with E-state index in [4.69, 9.17) is 21.1 Å². The molecule has 2 rings (SSSR count). The average Bonchev–Trinajstić information content (AvgIpc) is 2.46. The molecule has 0 aliphatic carbocycles. The summed E-state index contributed by atoms with van der Waals surface area (Å²) < 4.78 is 10.6. The van der Waals surface area contributed by atoms with Crippen molar-refractivity contribution in [3.63, 3.8) is 0 Å². The molecule has 0 aromatic carbocycles. The van der Waals surface area contributed by atoms with Gasteiger partial charge in [0.25, 0.3) is 0 Å². The number of carbonyl (C=O) groups is 1. The van der Waals surface area contributed by atoms with Crippen LogP contribution in [0, 0.1) is 0 Å². The molecule has 0 saturated carbocycles. The Morgan fingerprint density at radius 3 is 3.05 bits per heavy atom. The van der Waals surface area contributed by atoms with Crippen LogP contribution >= 0.6 is 36.4 Å². The molecular formula is C12H18Cl3N3O3. The minimum atomic E-state index is -0.285. The second kappa shape index (κ2) is 10.9. The summed E-state index contributed by atoms with van der Waals surface area (Å²) in [5.74, 6) is 0.285. The second-order valence-electron chi connectivity index (χ2n) is 4.01. The van der Waals surface area contributed by atoms with Crippen molar-refractivity contribution >= 4 is 42.3 Å². The molecule has 9 heteroatoms. The molecule has 21 heavy (non-hydrogen) atoms. The van der Waals surface area contributed by atoms with E-state index in [2.05, 4.69) is 15.6 Å². The van der Waals surface area contributed by atoms with Gasteiger partial charge in [0.15, 0.2) is 0 Å². The minimum absolute atomic E-state index is 0. The lowest BCUT2D eigenvalue weighted by atomic mass is 10.2. The molecule has 0 bridgehead atoms. The Hall–Kier alpha value is -0.790. The first-order chi connectivity index (χ1) is 9.27. The zero-order valence-corrected chi connectivity index (χ0v) is 13.6. The van der Waals surface area contributed by atoms with Gasteiger partial charge in [-0.15, -0.1) is 24.8 Å². The molecule has 1 fully saturated rings. The van der Waals surface area contributed by atoms with Crippen molar-refractivity contribution in [3.05, 3.63) is 23.4 Å². The van der Waals surface area contributed by atoms with Crippen LogP contribution in [0.25, 0.3) is 0 Å². The summed E-state index contributed by atoms with van der Waals surface area (Å²) >= 11 is 5.89. The molecule has 1 aromatic heterocycles. The Labute approximate surface area is 140 Å². The summed E-state index contributed by atoms with van der Waals surface area (Å²) in [6, 6.07) is 3.14. The zero-order valence-electron chi connectivity index (χ0n) is 11.2. The maximum Gasteiger partial charge on any atom is 0.239 e. The Kier molecular flexibility index (Phi) is 10.5. The van der Waals surface area contributed by atoms with Gasteiger partial charge >= 0.3 is 0 Å². The minimum Gasteiger partial charge on any atom is -0.475 e. The van der Waals surface area contributed by atoms with Crippen LogP contribution in [0.1, 0.15) is 0 Å². The molecule has 1 amide bonds. The van der Waals surface area contributed by atoms with Crippen LogP contribution in [-0.4, -0.2) is 49.8 Å². The summed E-state index contributed by atoms with van der Waals surface area (Å²) in [6.07, 6.45) is 1.60. The maximum absolute atomic E-state index is 11.7.